The summed E-state index contributed by atoms with van der Waals surface area (Å²) in [6, 6.07) is 3.56. The van der Waals surface area contributed by atoms with Gasteiger partial charge in [0.05, 0.1) is 7.11 Å². The maximum atomic E-state index is 10.7. The molecule has 1 aromatic rings. The molecular weight excluding hydrogens is 156 g/mol. The van der Waals surface area contributed by atoms with Gasteiger partial charge in [-0.05, 0) is 12.1 Å². The summed E-state index contributed by atoms with van der Waals surface area (Å²) in [5, 5.41) is 2.88. The number of hydrogen-bond acceptors (Lipinski definition) is 4. The molecule has 0 fully saturated rings. The van der Waals surface area contributed by atoms with E-state index in [0.29, 0.717) is 0 Å². The fourth-order valence-electron chi connectivity index (χ4n) is 0.716. The maximum absolute atomic E-state index is 10.7. The Morgan fingerprint density at radius 2 is 2.25 bits per heavy atom. The lowest BCUT2D eigenvalue weighted by Crippen LogP contribution is -2.14. The van der Waals surface area contributed by atoms with Crippen molar-refractivity contribution in [2.24, 2.45) is 0 Å². The fourth-order valence-corrected chi connectivity index (χ4v) is 0.716. The van der Waals surface area contributed by atoms with Crippen molar-refractivity contribution in [1.82, 2.24) is 4.98 Å². The summed E-state index contributed by atoms with van der Waals surface area (Å²) in [6.45, 7) is 0.181. The second kappa shape index (κ2) is 4.33. The molecule has 0 unspecified atom stereocenters. The highest BCUT2D eigenvalue weighted by molar-refractivity contribution is 5.74. The van der Waals surface area contributed by atoms with Gasteiger partial charge >= 0.3 is 5.97 Å². The number of carbonyl (C=O) groups is 1. The highest BCUT2D eigenvalue weighted by Gasteiger charge is 1.97. The van der Waals surface area contributed by atoms with Crippen molar-refractivity contribution < 1.29 is 9.53 Å². The molecule has 1 N–H and O–H groups in total. The van der Waals surface area contributed by atoms with Gasteiger partial charge in [-0.15, -0.1) is 0 Å². The number of methoxy groups -OCH3 is 1. The Balaban J connectivity index is 2.38. The Morgan fingerprint density at radius 3 is 2.83 bits per heavy atom. The summed E-state index contributed by atoms with van der Waals surface area (Å²) in [4.78, 5) is 14.5. The highest BCUT2D eigenvalue weighted by Crippen LogP contribution is 2.01. The van der Waals surface area contributed by atoms with Crippen LogP contribution >= 0.6 is 0 Å². The lowest BCUT2D eigenvalue weighted by molar-refractivity contribution is -0.138. The van der Waals surface area contributed by atoms with Crippen LogP contribution in [-0.2, 0) is 9.53 Å². The van der Waals surface area contributed by atoms with Crippen molar-refractivity contribution >= 4 is 11.7 Å². The highest BCUT2D eigenvalue weighted by atomic mass is 16.5. The average Bonchev–Trinajstić information content (AvgIpc) is 2.16. The van der Waals surface area contributed by atoms with Gasteiger partial charge in [-0.2, -0.15) is 0 Å². The summed E-state index contributed by atoms with van der Waals surface area (Å²) >= 11 is 0. The van der Waals surface area contributed by atoms with Gasteiger partial charge in [0, 0.05) is 18.1 Å². The number of rotatable bonds is 3. The molecular formula is C8H10N2O2. The Hall–Kier alpha value is -1.58. The first kappa shape index (κ1) is 8.52. The minimum Gasteiger partial charge on any atom is -0.468 e. The number of esters is 1. The van der Waals surface area contributed by atoms with E-state index < -0.39 is 0 Å². The summed E-state index contributed by atoms with van der Waals surface area (Å²) < 4.78 is 4.45. The van der Waals surface area contributed by atoms with E-state index in [1.165, 1.54) is 7.11 Å². The summed E-state index contributed by atoms with van der Waals surface area (Å²) in [5.74, 6) is -0.285. The first-order valence-corrected chi connectivity index (χ1v) is 3.53. The molecule has 1 aromatic heterocycles. The van der Waals surface area contributed by atoms with E-state index in [1.807, 2.05) is 0 Å². The molecule has 0 spiro atoms. The zero-order valence-electron chi connectivity index (χ0n) is 6.78. The standard InChI is InChI=1S/C8H10N2O2/c1-12-8(11)6-10-7-2-4-9-5-3-7/h2-5H,6H2,1H3,(H,9,10). The van der Waals surface area contributed by atoms with Gasteiger partial charge in [-0.25, -0.2) is 0 Å². The number of carbonyl (C=O) groups excluding carboxylic acids is 1. The third-order valence-electron chi connectivity index (χ3n) is 1.34. The minimum absolute atomic E-state index is 0.181. The number of nitrogens with one attached hydrogen (secondary N) is 1. The SMILES string of the molecule is COC(=O)CNc1ccncc1. The van der Waals surface area contributed by atoms with E-state index in [0.717, 1.165) is 5.69 Å². The third kappa shape index (κ3) is 2.57. The molecule has 0 saturated carbocycles. The predicted molar refractivity (Wildman–Crippen MR) is 44.7 cm³/mol. The molecule has 0 aliphatic carbocycles. The van der Waals surface area contributed by atoms with Crippen LogP contribution in [0.5, 0.6) is 0 Å². The van der Waals surface area contributed by atoms with Gasteiger partial charge in [0.25, 0.3) is 0 Å². The minimum atomic E-state index is -0.285. The molecule has 12 heavy (non-hydrogen) atoms. The van der Waals surface area contributed by atoms with Crippen LogP contribution in [0.15, 0.2) is 24.5 Å². The van der Waals surface area contributed by atoms with Crippen LogP contribution in [0.25, 0.3) is 0 Å². The number of nitrogens with zero attached hydrogens (tertiary/aromatic N) is 1. The molecule has 1 rings (SSSR count). The molecule has 1 heterocycles. The molecule has 0 bridgehead atoms. The van der Waals surface area contributed by atoms with E-state index in [2.05, 4.69) is 15.0 Å². The Labute approximate surface area is 70.6 Å². The maximum Gasteiger partial charge on any atom is 0.325 e. The van der Waals surface area contributed by atoms with Gasteiger partial charge in [0.15, 0.2) is 0 Å². The Bertz CT molecular complexity index is 248. The average molecular weight is 166 g/mol. The van der Waals surface area contributed by atoms with Crippen LogP contribution < -0.4 is 5.32 Å². The first-order chi connectivity index (χ1) is 5.83. The van der Waals surface area contributed by atoms with E-state index in [-0.39, 0.29) is 12.5 Å². The van der Waals surface area contributed by atoms with Crippen LogP contribution in [-0.4, -0.2) is 24.6 Å². The van der Waals surface area contributed by atoms with Crippen molar-refractivity contribution in [1.29, 1.82) is 0 Å². The van der Waals surface area contributed by atoms with Crippen molar-refractivity contribution in [3.8, 4) is 0 Å². The molecule has 0 aliphatic rings. The molecule has 0 radical (unpaired) electrons. The molecule has 4 heteroatoms. The van der Waals surface area contributed by atoms with Gasteiger partial charge in [-0.1, -0.05) is 0 Å². The molecule has 64 valence electrons. The third-order valence-corrected chi connectivity index (χ3v) is 1.34. The van der Waals surface area contributed by atoms with Crippen LogP contribution in [0.2, 0.25) is 0 Å². The van der Waals surface area contributed by atoms with Gasteiger partial charge in [0.2, 0.25) is 0 Å². The molecule has 0 amide bonds. The summed E-state index contributed by atoms with van der Waals surface area (Å²) in [7, 11) is 1.36. The molecule has 0 aliphatic heterocycles. The van der Waals surface area contributed by atoms with Crippen LogP contribution in [0.4, 0.5) is 5.69 Å². The van der Waals surface area contributed by atoms with E-state index in [1.54, 1.807) is 24.5 Å². The smallest absolute Gasteiger partial charge is 0.325 e. The fraction of sp³-hybridized carbons (Fsp3) is 0.250. The number of ether oxygens (including phenoxy) is 1. The van der Waals surface area contributed by atoms with E-state index in [9.17, 15) is 4.79 Å². The van der Waals surface area contributed by atoms with E-state index in [4.69, 9.17) is 0 Å². The van der Waals surface area contributed by atoms with Crippen LogP contribution in [0.3, 0.4) is 0 Å². The molecule has 0 atom stereocenters. The van der Waals surface area contributed by atoms with Gasteiger partial charge in [-0.3, -0.25) is 9.78 Å². The van der Waals surface area contributed by atoms with Crippen LogP contribution in [0, 0.1) is 0 Å². The summed E-state index contributed by atoms with van der Waals surface area (Å²) in [5.41, 5.74) is 0.857. The zero-order valence-corrected chi connectivity index (χ0v) is 6.78. The Kier molecular flexibility index (Phi) is 3.07. The summed E-state index contributed by atoms with van der Waals surface area (Å²) in [6.07, 6.45) is 3.30. The lowest BCUT2D eigenvalue weighted by Gasteiger charge is -2.02. The Morgan fingerprint density at radius 1 is 1.58 bits per heavy atom. The molecule has 0 saturated heterocycles. The van der Waals surface area contributed by atoms with Gasteiger partial charge in [0.1, 0.15) is 6.54 Å². The second-order valence-electron chi connectivity index (χ2n) is 2.17. The number of anilines is 1. The number of pyridine rings is 1. The van der Waals surface area contributed by atoms with Crippen LogP contribution in [0.1, 0.15) is 0 Å². The zero-order chi connectivity index (χ0) is 8.81. The second-order valence-corrected chi connectivity index (χ2v) is 2.17. The number of hydrogen-bond donors (Lipinski definition) is 1. The topological polar surface area (TPSA) is 51.2 Å². The quantitative estimate of drug-likeness (QED) is 0.670. The monoisotopic (exact) mass is 166 g/mol. The number of aromatic nitrogens is 1. The van der Waals surface area contributed by atoms with Crippen molar-refractivity contribution in [3.63, 3.8) is 0 Å². The first-order valence-electron chi connectivity index (χ1n) is 3.53. The lowest BCUT2D eigenvalue weighted by atomic mass is 10.4. The predicted octanol–water partition coefficient (Wildman–Crippen LogP) is 0.666. The largest absolute Gasteiger partial charge is 0.468 e. The molecule has 0 aromatic carbocycles. The van der Waals surface area contributed by atoms with Gasteiger partial charge < -0.3 is 10.1 Å². The molecule has 4 nitrogen and oxygen atoms in total. The van der Waals surface area contributed by atoms with Crippen molar-refractivity contribution in [2.45, 2.75) is 0 Å². The van der Waals surface area contributed by atoms with Crippen molar-refractivity contribution in [2.75, 3.05) is 19.0 Å². The van der Waals surface area contributed by atoms with E-state index >= 15 is 0 Å². The normalized spacial score (nSPS) is 9.08. The van der Waals surface area contributed by atoms with Crippen molar-refractivity contribution in [3.05, 3.63) is 24.5 Å².